The van der Waals surface area contributed by atoms with Crippen LogP contribution in [0.1, 0.15) is 10.4 Å². The van der Waals surface area contributed by atoms with Crippen LogP contribution in [0, 0.1) is 0 Å². The van der Waals surface area contributed by atoms with E-state index in [4.69, 9.17) is 10.2 Å². The molecule has 0 atom stereocenters. The molecule has 0 aliphatic heterocycles. The van der Waals surface area contributed by atoms with Crippen molar-refractivity contribution in [2.75, 3.05) is 0 Å². The molecule has 1 radical (unpaired) electrons. The van der Waals surface area contributed by atoms with E-state index >= 15 is 0 Å². The Morgan fingerprint density at radius 3 is 2.11 bits per heavy atom. The summed E-state index contributed by atoms with van der Waals surface area (Å²) in [5.74, 6) is -0.480. The third-order valence-electron chi connectivity index (χ3n) is 2.29. The van der Waals surface area contributed by atoms with Crippen LogP contribution >= 0.6 is 0 Å². The van der Waals surface area contributed by atoms with Gasteiger partial charge in [-0.05, 0) is 11.8 Å². The van der Waals surface area contributed by atoms with Gasteiger partial charge >= 0.3 is 22.5 Å². The first-order valence-electron chi connectivity index (χ1n) is 5.06. The van der Waals surface area contributed by atoms with Crippen molar-refractivity contribution in [2.24, 2.45) is 0 Å². The second-order valence-corrected chi connectivity index (χ2v) is 3.48. The monoisotopic (exact) mass is 288 g/mol. The molecule has 0 spiro atoms. The molecule has 5 heteroatoms. The van der Waals surface area contributed by atoms with Gasteiger partial charge < -0.3 is 15.5 Å². The van der Waals surface area contributed by atoms with Gasteiger partial charge in [0.2, 0.25) is 5.75 Å². The zero-order valence-electron chi connectivity index (χ0n) is 9.29. The third kappa shape index (κ3) is 3.02. The van der Waals surface area contributed by atoms with E-state index in [0.29, 0.717) is 17.1 Å². The Hall–Kier alpha value is -2.00. The van der Waals surface area contributed by atoms with Gasteiger partial charge in [0.25, 0.3) is 0 Å². The molecule has 0 amide bonds. The van der Waals surface area contributed by atoms with Crippen molar-refractivity contribution in [2.45, 2.75) is 0 Å². The van der Waals surface area contributed by atoms with E-state index in [1.165, 1.54) is 0 Å². The molecule has 0 aliphatic carbocycles. The average Bonchev–Trinajstić information content (AvgIpc) is 2.32. The maximum absolute atomic E-state index is 11.1. The van der Waals surface area contributed by atoms with Gasteiger partial charge in [0.15, 0.2) is 0 Å². The molecule has 0 aromatic heterocycles. The molecule has 2 rings (SSSR count). The summed E-state index contributed by atoms with van der Waals surface area (Å²) in [6.07, 6.45) is 0. The van der Waals surface area contributed by atoms with Crippen LogP contribution < -0.4 is 0 Å². The Morgan fingerprint density at radius 2 is 1.50 bits per heavy atom. The number of rotatable bonds is 3. The zero-order valence-corrected chi connectivity index (χ0v) is 10.3. The van der Waals surface area contributed by atoms with Crippen LogP contribution in [0.3, 0.4) is 0 Å². The van der Waals surface area contributed by atoms with Crippen LogP contribution in [0.5, 0.6) is 5.75 Å². The van der Waals surface area contributed by atoms with E-state index in [-0.39, 0.29) is 22.1 Å². The molecule has 2 aromatic rings. The van der Waals surface area contributed by atoms with Crippen LogP contribution in [0.15, 0.2) is 48.5 Å². The van der Waals surface area contributed by atoms with E-state index in [1.807, 2.05) is 0 Å². The second-order valence-electron chi connectivity index (χ2n) is 3.48. The van der Waals surface area contributed by atoms with Gasteiger partial charge in [-0.1, -0.05) is 36.4 Å². The predicted octanol–water partition coefficient (Wildman–Crippen LogP) is 2.32. The Kier molecular flexibility index (Phi) is 4.75. The van der Waals surface area contributed by atoms with Gasteiger partial charge in [-0.15, -0.1) is 5.69 Å². The zero-order chi connectivity index (χ0) is 12.3. The van der Waals surface area contributed by atoms with Crippen LogP contribution in [0.2, 0.25) is 0 Å². The molecule has 0 saturated heterocycles. The SMILES string of the molecule is O=C([OH2+])c1ccccc1[N-]c1ccccc1[OH2+].[Ni+3]. The molecule has 0 bridgehead atoms. The molecule has 0 unspecified atom stereocenters. The van der Waals surface area contributed by atoms with Crippen molar-refractivity contribution in [3.05, 3.63) is 59.4 Å². The number of benzene rings is 2. The molecular weight excluding hydrogens is 277 g/mol. The Labute approximate surface area is 114 Å². The van der Waals surface area contributed by atoms with E-state index < -0.39 is 5.97 Å². The minimum atomic E-state index is -0.771. The van der Waals surface area contributed by atoms with Gasteiger partial charge in [-0.25, -0.2) is 0 Å². The van der Waals surface area contributed by atoms with Crippen molar-refractivity contribution in [3.8, 4) is 5.75 Å². The summed E-state index contributed by atoms with van der Waals surface area (Å²) >= 11 is 0. The van der Waals surface area contributed by atoms with E-state index in [1.54, 1.807) is 48.5 Å². The summed E-state index contributed by atoms with van der Waals surface area (Å²) in [7, 11) is 0. The number of carbonyl (C=O) groups is 1. The first kappa shape index (κ1) is 14.1. The second kappa shape index (κ2) is 6.08. The van der Waals surface area contributed by atoms with Crippen LogP contribution in [0.25, 0.3) is 5.32 Å². The van der Waals surface area contributed by atoms with Crippen molar-refractivity contribution >= 4 is 17.3 Å². The molecular formula is C13H12NNiO3+4. The first-order chi connectivity index (χ1) is 8.18. The van der Waals surface area contributed by atoms with Gasteiger partial charge in [0, 0.05) is 10.9 Å². The van der Waals surface area contributed by atoms with Crippen molar-refractivity contribution in [1.29, 1.82) is 0 Å². The topological polar surface area (TPSA) is 77.0 Å². The third-order valence-corrected chi connectivity index (χ3v) is 2.29. The maximum atomic E-state index is 11.1. The van der Waals surface area contributed by atoms with Crippen LogP contribution in [-0.4, -0.2) is 16.2 Å². The fraction of sp³-hybridized carbons (Fsp3) is 0. The van der Waals surface area contributed by atoms with E-state index in [0.717, 1.165) is 0 Å². The first-order valence-corrected chi connectivity index (χ1v) is 5.06. The Balaban J connectivity index is 0.00000162. The summed E-state index contributed by atoms with van der Waals surface area (Å²) in [5, 5.41) is 19.0. The maximum Gasteiger partial charge on any atom is 3.00 e. The van der Waals surface area contributed by atoms with Gasteiger partial charge in [-0.3, -0.25) is 0 Å². The number of carbonyl (C=O) groups excluding carboxylic acids is 1. The summed E-state index contributed by atoms with van der Waals surface area (Å²) in [5.41, 5.74) is 1.16. The van der Waals surface area contributed by atoms with E-state index in [9.17, 15) is 4.79 Å². The number of para-hydroxylation sites is 3. The molecule has 0 saturated carbocycles. The summed E-state index contributed by atoms with van der Waals surface area (Å²) in [6, 6.07) is 13.5. The van der Waals surface area contributed by atoms with E-state index in [2.05, 4.69) is 5.32 Å². The Bertz CT molecular complexity index is 557. The smallest absolute Gasteiger partial charge is 0.650 e. The number of hydrogen-bond acceptors (Lipinski definition) is 1. The van der Waals surface area contributed by atoms with Crippen LogP contribution in [0.4, 0.5) is 11.4 Å². The molecule has 0 aliphatic rings. The Morgan fingerprint density at radius 1 is 0.944 bits per heavy atom. The van der Waals surface area contributed by atoms with Gasteiger partial charge in [-0.2, -0.15) is 0 Å². The minimum Gasteiger partial charge on any atom is -0.650 e. The number of nitrogens with zero attached hydrogens (tertiary/aromatic N) is 1. The predicted molar refractivity (Wildman–Crippen MR) is 66.6 cm³/mol. The summed E-state index contributed by atoms with van der Waals surface area (Å²) in [4.78, 5) is 11.1. The molecule has 4 N–H and O–H groups in total. The molecule has 4 nitrogen and oxygen atoms in total. The number of hydrogen-bond donors (Lipinski definition) is 0. The molecule has 93 valence electrons. The van der Waals surface area contributed by atoms with Crippen LogP contribution in [-0.2, 0) is 16.5 Å². The molecule has 0 fully saturated rings. The van der Waals surface area contributed by atoms with Gasteiger partial charge in [0.05, 0.1) is 0 Å². The van der Waals surface area contributed by atoms with Crippen molar-refractivity contribution in [3.63, 3.8) is 0 Å². The molecule has 2 aromatic carbocycles. The fourth-order valence-electron chi connectivity index (χ4n) is 1.46. The summed E-state index contributed by atoms with van der Waals surface area (Å²) in [6.45, 7) is 0. The quantitative estimate of drug-likeness (QED) is 0.631. The van der Waals surface area contributed by atoms with Crippen molar-refractivity contribution < 1.29 is 31.5 Å². The molecule has 18 heavy (non-hydrogen) atoms. The van der Waals surface area contributed by atoms with Gasteiger partial charge in [0.1, 0.15) is 5.56 Å². The largest absolute Gasteiger partial charge is 3.00 e. The normalized spacial score (nSPS) is 9.33. The van der Waals surface area contributed by atoms with Crippen molar-refractivity contribution in [1.82, 2.24) is 0 Å². The molecule has 0 heterocycles. The fourth-order valence-corrected chi connectivity index (χ4v) is 1.46. The standard InChI is InChI=1S/C13H10NO3.Ni/c15-12-8-4-3-7-11(12)14-10-6-2-1-5-9(10)13(16)17;/h1-8,15H,(H,16,17);/q-1;+3/p+2. The average molecular weight is 289 g/mol. The summed E-state index contributed by atoms with van der Waals surface area (Å²) < 4.78 is 0. The minimum absolute atomic E-state index is 0.